The highest BCUT2D eigenvalue weighted by molar-refractivity contribution is 8.00. The molecule has 67 heavy (non-hydrogen) atoms. The predicted molar refractivity (Wildman–Crippen MR) is 286 cm³/mol. The van der Waals surface area contributed by atoms with Crippen LogP contribution in [0.4, 0.5) is 26.3 Å². The Labute approximate surface area is 403 Å². The molecule has 0 radical (unpaired) electrons. The van der Waals surface area contributed by atoms with Crippen molar-refractivity contribution in [3.8, 4) is 0 Å². The fourth-order valence-corrected chi connectivity index (χ4v) is 29.2. The van der Waals surface area contributed by atoms with Crippen molar-refractivity contribution in [1.29, 1.82) is 0 Å². The van der Waals surface area contributed by atoms with Gasteiger partial charge in [0.15, 0.2) is 7.41 Å². The highest BCUT2D eigenvalue weighted by atomic mass is 31.2. The van der Waals surface area contributed by atoms with Gasteiger partial charge in [-0.05, 0) is 48.5 Å². The summed E-state index contributed by atoms with van der Waals surface area (Å²) in [6.45, 7) is 13.5. The van der Waals surface area contributed by atoms with Crippen LogP contribution in [0.3, 0.4) is 0 Å². The second-order valence-electron chi connectivity index (χ2n) is 18.7. The molecule has 0 saturated heterocycles. The average Bonchev–Trinajstić information content (AvgIpc) is 3.34. The summed E-state index contributed by atoms with van der Waals surface area (Å²) >= 11 is 0. The maximum atomic E-state index is 15.3. The van der Waals surface area contributed by atoms with Crippen molar-refractivity contribution in [2.75, 3.05) is 0 Å². The fraction of sp³-hybridized carbons (Fsp3) is 0.464. The largest absolute Gasteiger partial charge is 0.417 e. The van der Waals surface area contributed by atoms with Gasteiger partial charge in [-0.1, -0.05) is 244 Å². The third-order valence-electron chi connectivity index (χ3n) is 14.1. The Kier molecular flexibility index (Phi) is 21.0. The van der Waals surface area contributed by atoms with Gasteiger partial charge in [0.2, 0.25) is 0 Å². The molecule has 0 aliphatic rings. The normalized spacial score (nSPS) is 12.9. The Morgan fingerprint density at radius 3 is 0.970 bits per heavy atom. The van der Waals surface area contributed by atoms with Crippen LogP contribution in [0.15, 0.2) is 127 Å². The van der Waals surface area contributed by atoms with Crippen molar-refractivity contribution in [3.05, 3.63) is 139 Å². The quantitative estimate of drug-likeness (QED) is 0.0314. The molecule has 0 heterocycles. The highest BCUT2D eigenvalue weighted by Crippen LogP contribution is 2.59. The van der Waals surface area contributed by atoms with E-state index in [4.69, 9.17) is 0 Å². The Hall–Kier alpha value is -3.07. The molecule has 0 unspecified atom stereocenters. The van der Waals surface area contributed by atoms with Crippen LogP contribution in [-0.2, 0) is 12.4 Å². The average molecular weight is 995 g/mol. The molecule has 1 nitrogen and oxygen atoms in total. The maximum Gasteiger partial charge on any atom is 0.417 e. The number of hydrogen-bond acceptors (Lipinski definition) is 1. The van der Waals surface area contributed by atoms with Crippen molar-refractivity contribution in [2.45, 2.75) is 167 Å². The molecule has 0 fully saturated rings. The first-order valence-electron chi connectivity index (χ1n) is 25.3. The van der Waals surface area contributed by atoms with Crippen LogP contribution in [0.25, 0.3) is 0 Å². The summed E-state index contributed by atoms with van der Waals surface area (Å²) in [5, 5.41) is 5.10. The van der Waals surface area contributed by atoms with Crippen LogP contribution < -0.4 is 41.8 Å². The summed E-state index contributed by atoms with van der Waals surface area (Å²) in [5.41, 5.74) is -1.86. The lowest BCUT2D eigenvalue weighted by Gasteiger charge is -2.36. The molecule has 11 heteroatoms. The molecule has 0 aliphatic carbocycles. The van der Waals surface area contributed by atoms with Gasteiger partial charge in [-0.25, -0.2) is 0 Å². The van der Waals surface area contributed by atoms with E-state index in [0.29, 0.717) is 0 Å². The molecule has 0 amide bonds. The summed E-state index contributed by atoms with van der Waals surface area (Å²) in [6.07, 6.45) is 4.09. The van der Waals surface area contributed by atoms with Gasteiger partial charge in [-0.15, -0.1) is 4.86 Å². The van der Waals surface area contributed by atoms with Gasteiger partial charge in [0.1, 0.15) is 15.9 Å². The van der Waals surface area contributed by atoms with Gasteiger partial charge in [-0.3, -0.25) is 0 Å². The van der Waals surface area contributed by atoms with Gasteiger partial charge in [-0.2, -0.15) is 26.3 Å². The number of alkyl halides is 6. The summed E-state index contributed by atoms with van der Waals surface area (Å²) in [6, 6.07) is 45.6. The Morgan fingerprint density at radius 1 is 0.388 bits per heavy atom. The van der Waals surface area contributed by atoms with Gasteiger partial charge < -0.3 is 0 Å². The molecule has 0 spiro atoms. The molecule has 0 bridgehead atoms. The SMILES string of the molecule is CCCC[Si](CCCC)(CCCC)c1ccc([P+](NP(c2ccccc2C(F)(F)F)c2ccccc2C(F)(F)F)(c2ccccc2)c2ccc([Si](CCCC)(CCCC)CCCC)cc2)cc1. The molecular formula is C56H76F6NP2Si2+. The molecule has 5 rings (SSSR count). The molecule has 0 saturated carbocycles. The third-order valence-corrected chi connectivity index (χ3v) is 32.0. The summed E-state index contributed by atoms with van der Waals surface area (Å²) < 4.78 is 91.7. The van der Waals surface area contributed by atoms with E-state index in [1.54, 1.807) is 0 Å². The molecule has 1 N–H and O–H groups in total. The maximum absolute atomic E-state index is 15.3. The number of benzene rings is 5. The van der Waals surface area contributed by atoms with Crippen molar-refractivity contribution < 1.29 is 26.3 Å². The van der Waals surface area contributed by atoms with E-state index >= 15 is 26.3 Å². The minimum absolute atomic E-state index is 0.175. The molecular weight excluding hydrogens is 919 g/mol. The zero-order chi connectivity index (χ0) is 48.6. The number of hydrogen-bond donors (Lipinski definition) is 1. The summed E-state index contributed by atoms with van der Waals surface area (Å²) in [7, 11) is -9.75. The molecule has 0 atom stereocenters. The van der Waals surface area contributed by atoms with E-state index in [0.717, 1.165) is 105 Å². The van der Waals surface area contributed by atoms with Crippen LogP contribution in [0.2, 0.25) is 36.3 Å². The smallest absolute Gasteiger partial charge is 0.166 e. The van der Waals surface area contributed by atoms with Crippen LogP contribution >= 0.6 is 15.5 Å². The van der Waals surface area contributed by atoms with Crippen LogP contribution in [0, 0.1) is 0 Å². The number of nitrogens with one attached hydrogen (secondary N) is 1. The first kappa shape index (κ1) is 54.9. The van der Waals surface area contributed by atoms with Crippen molar-refractivity contribution in [2.24, 2.45) is 0 Å². The molecule has 5 aromatic rings. The third kappa shape index (κ3) is 13.4. The van der Waals surface area contributed by atoms with E-state index in [-0.39, 0.29) is 10.6 Å². The van der Waals surface area contributed by atoms with Crippen molar-refractivity contribution >= 4 is 68.5 Å². The zero-order valence-corrected chi connectivity index (χ0v) is 44.8. The molecule has 0 aliphatic heterocycles. The lowest BCUT2D eigenvalue weighted by atomic mass is 10.2. The number of halogens is 6. The van der Waals surface area contributed by atoms with Gasteiger partial charge in [0.05, 0.1) is 35.3 Å². The number of rotatable bonds is 27. The molecule has 0 aromatic heterocycles. The van der Waals surface area contributed by atoms with E-state index in [1.165, 1.54) is 83.0 Å². The van der Waals surface area contributed by atoms with Crippen LogP contribution in [0.1, 0.15) is 130 Å². The van der Waals surface area contributed by atoms with E-state index in [1.807, 2.05) is 30.3 Å². The first-order valence-corrected chi connectivity index (χ1v) is 33.6. The predicted octanol–water partition coefficient (Wildman–Crippen LogP) is 15.7. The fourth-order valence-electron chi connectivity index (χ4n) is 10.3. The molecule has 5 aromatic carbocycles. The monoisotopic (exact) mass is 994 g/mol. The van der Waals surface area contributed by atoms with E-state index in [2.05, 4.69) is 94.9 Å². The minimum atomic E-state index is -4.81. The van der Waals surface area contributed by atoms with Gasteiger partial charge >= 0.3 is 12.4 Å². The molecule has 364 valence electrons. The van der Waals surface area contributed by atoms with Crippen LogP contribution in [-0.4, -0.2) is 16.1 Å². The lowest BCUT2D eigenvalue weighted by Crippen LogP contribution is -2.49. The topological polar surface area (TPSA) is 12.0 Å². The second-order valence-corrected chi connectivity index (χ2v) is 33.3. The Balaban J connectivity index is 1.91. The van der Waals surface area contributed by atoms with Crippen LogP contribution in [0.5, 0.6) is 0 Å². The summed E-state index contributed by atoms with van der Waals surface area (Å²) in [5.74, 6) is 0. The first-order chi connectivity index (χ1) is 32.2. The number of unbranched alkanes of at least 4 members (excludes halogenated alkanes) is 6. The van der Waals surface area contributed by atoms with Gasteiger partial charge in [0, 0.05) is 10.6 Å². The van der Waals surface area contributed by atoms with Gasteiger partial charge in [0.25, 0.3) is 0 Å². The Bertz CT molecular complexity index is 2040. The van der Waals surface area contributed by atoms with E-state index in [9.17, 15) is 0 Å². The summed E-state index contributed by atoms with van der Waals surface area (Å²) in [4.78, 5) is 3.89. The standard InChI is InChI=1S/C56H76F6NP2Si2/c1-7-13-40-66(41-14-8-2,42-15-9-3)49-36-32-47(33-37-49)65(46-26-20-19-21-27-46,48-34-38-50(39-35-48)67(43-16-10-4,44-17-11-5)45-18-12-6)63-64(53-30-24-22-28-51(53)55(57,58)59)54-31-25-23-29-52(54)56(60,61)62/h19-39,63H,7-18,40-45H2,1-6H3/q+1. The minimum Gasteiger partial charge on any atom is -0.166 e. The van der Waals surface area contributed by atoms with Crippen molar-refractivity contribution in [1.82, 2.24) is 4.86 Å². The highest BCUT2D eigenvalue weighted by Gasteiger charge is 2.51. The second kappa shape index (κ2) is 25.7. The lowest BCUT2D eigenvalue weighted by molar-refractivity contribution is -0.137. The zero-order valence-electron chi connectivity index (χ0n) is 41.0. The van der Waals surface area contributed by atoms with E-state index < -0.39 is 55.1 Å². The Morgan fingerprint density at radius 2 is 0.672 bits per heavy atom. The van der Waals surface area contributed by atoms with Crippen molar-refractivity contribution in [3.63, 3.8) is 0 Å².